The molecule has 2 atom stereocenters. The number of hydrogen-bond acceptors (Lipinski definition) is 5. The molecule has 182 valence electrons. The van der Waals surface area contributed by atoms with Crippen molar-refractivity contribution in [2.45, 2.75) is 32.2 Å². The first-order valence-corrected chi connectivity index (χ1v) is 11.0. The number of fused-ring (bicyclic) bond motifs is 1. The van der Waals surface area contributed by atoms with Crippen molar-refractivity contribution >= 4 is 17.0 Å². The fourth-order valence-electron chi connectivity index (χ4n) is 4.69. The normalized spacial score (nSPS) is 19.3. The predicted octanol–water partition coefficient (Wildman–Crippen LogP) is 4.63. The van der Waals surface area contributed by atoms with Gasteiger partial charge in [0, 0.05) is 31.5 Å². The van der Waals surface area contributed by atoms with Crippen LogP contribution in [0.1, 0.15) is 24.2 Å². The molecule has 2 unspecified atom stereocenters. The van der Waals surface area contributed by atoms with Crippen LogP contribution in [0.25, 0.3) is 11.0 Å². The van der Waals surface area contributed by atoms with Gasteiger partial charge in [-0.25, -0.2) is 4.98 Å². The number of aromatic nitrogens is 2. The quantitative estimate of drug-likeness (QED) is 0.492. The molecule has 4 rings (SSSR count). The van der Waals surface area contributed by atoms with Crippen LogP contribution in [-0.2, 0) is 17.8 Å². The van der Waals surface area contributed by atoms with Crippen molar-refractivity contribution in [1.29, 1.82) is 0 Å². The summed E-state index contributed by atoms with van der Waals surface area (Å²) in [6.07, 6.45) is -3.58. The van der Waals surface area contributed by atoms with Gasteiger partial charge in [-0.3, -0.25) is 9.69 Å². The van der Waals surface area contributed by atoms with E-state index in [9.17, 15) is 23.1 Å². The zero-order valence-electron chi connectivity index (χ0n) is 18.6. The minimum absolute atomic E-state index is 0.0351. The van der Waals surface area contributed by atoms with Crippen LogP contribution < -0.4 is 9.47 Å². The van der Waals surface area contributed by atoms with Gasteiger partial charge in [-0.15, -0.1) is 13.2 Å². The van der Waals surface area contributed by atoms with Gasteiger partial charge >= 0.3 is 12.3 Å². The molecular weight excluding hydrogens is 451 g/mol. The van der Waals surface area contributed by atoms with Crippen molar-refractivity contribution in [3.63, 3.8) is 0 Å². The molecule has 1 aliphatic rings. The summed E-state index contributed by atoms with van der Waals surface area (Å²) in [7, 11) is 1.57. The standard InChI is InChI=1S/C24H26F3N3O4/c1-33-20-8-4-6-18-23(20)29-21(28-18)11-17-14-30(10-9-15(17)12-22(31)32)13-16-5-2-3-7-19(16)34-24(25,26)27/h2-8,15,17H,9-14H2,1H3,(H,28,29)(H,31,32). The number of carboxylic acids is 1. The van der Waals surface area contributed by atoms with E-state index in [0.29, 0.717) is 42.8 Å². The summed E-state index contributed by atoms with van der Waals surface area (Å²) in [4.78, 5) is 21.5. The lowest BCUT2D eigenvalue weighted by molar-refractivity contribution is -0.275. The number of carbonyl (C=O) groups is 1. The van der Waals surface area contributed by atoms with E-state index in [1.807, 2.05) is 23.1 Å². The summed E-state index contributed by atoms with van der Waals surface area (Å²) < 4.78 is 48.0. The van der Waals surface area contributed by atoms with Crippen LogP contribution in [0, 0.1) is 11.8 Å². The number of para-hydroxylation sites is 2. The summed E-state index contributed by atoms with van der Waals surface area (Å²) in [5.41, 5.74) is 1.97. The van der Waals surface area contributed by atoms with E-state index in [0.717, 1.165) is 11.3 Å². The molecule has 10 heteroatoms. The second-order valence-electron chi connectivity index (χ2n) is 8.54. The first-order valence-electron chi connectivity index (χ1n) is 11.0. The summed E-state index contributed by atoms with van der Waals surface area (Å²) in [5.74, 6) is 0.191. The molecule has 0 aliphatic carbocycles. The molecule has 34 heavy (non-hydrogen) atoms. The lowest BCUT2D eigenvalue weighted by Crippen LogP contribution is -2.41. The maximum atomic E-state index is 12.8. The third-order valence-electron chi connectivity index (χ3n) is 6.20. The van der Waals surface area contributed by atoms with Gasteiger partial charge in [0.05, 0.1) is 12.6 Å². The number of methoxy groups -OCH3 is 1. The number of hydrogen-bond donors (Lipinski definition) is 2. The van der Waals surface area contributed by atoms with Gasteiger partial charge < -0.3 is 19.6 Å². The predicted molar refractivity (Wildman–Crippen MR) is 119 cm³/mol. The highest BCUT2D eigenvalue weighted by molar-refractivity contribution is 5.81. The first kappa shape index (κ1) is 23.9. The molecule has 0 saturated carbocycles. The Bertz CT molecular complexity index is 1150. The third kappa shape index (κ3) is 5.80. The van der Waals surface area contributed by atoms with E-state index in [1.54, 1.807) is 19.2 Å². The van der Waals surface area contributed by atoms with Crippen molar-refractivity contribution in [1.82, 2.24) is 14.9 Å². The SMILES string of the molecule is COc1cccc2[nH]c(CC3CN(Cc4ccccc4OC(F)(F)F)CCC3CC(=O)O)nc12. The molecule has 3 aromatic rings. The van der Waals surface area contributed by atoms with Gasteiger partial charge in [-0.1, -0.05) is 24.3 Å². The van der Waals surface area contributed by atoms with Crippen molar-refractivity contribution < 1.29 is 32.5 Å². The van der Waals surface area contributed by atoms with Crippen molar-refractivity contribution in [3.8, 4) is 11.5 Å². The Morgan fingerprint density at radius 1 is 1.18 bits per heavy atom. The zero-order chi connectivity index (χ0) is 24.3. The number of likely N-dealkylation sites (tertiary alicyclic amines) is 1. The monoisotopic (exact) mass is 477 g/mol. The first-order chi connectivity index (χ1) is 16.2. The van der Waals surface area contributed by atoms with E-state index in [2.05, 4.69) is 14.7 Å². The largest absolute Gasteiger partial charge is 0.573 e. The third-order valence-corrected chi connectivity index (χ3v) is 6.20. The van der Waals surface area contributed by atoms with Gasteiger partial charge in [-0.2, -0.15) is 0 Å². The van der Waals surface area contributed by atoms with Crippen LogP contribution >= 0.6 is 0 Å². The second-order valence-corrected chi connectivity index (χ2v) is 8.54. The molecule has 0 amide bonds. The minimum Gasteiger partial charge on any atom is -0.494 e. The van der Waals surface area contributed by atoms with E-state index >= 15 is 0 Å². The number of carboxylic acid groups (broad SMARTS) is 1. The Kier molecular flexibility index (Phi) is 6.97. The molecule has 2 aromatic carbocycles. The van der Waals surface area contributed by atoms with Crippen LogP contribution in [0.15, 0.2) is 42.5 Å². The molecule has 2 N–H and O–H groups in total. The van der Waals surface area contributed by atoms with Crippen LogP contribution in [-0.4, -0.2) is 52.5 Å². The van der Waals surface area contributed by atoms with Gasteiger partial charge in [0.2, 0.25) is 0 Å². The topological polar surface area (TPSA) is 87.7 Å². The lowest BCUT2D eigenvalue weighted by Gasteiger charge is -2.38. The number of alkyl halides is 3. The molecule has 1 saturated heterocycles. The number of halogens is 3. The molecular formula is C24H26F3N3O4. The molecule has 1 aliphatic heterocycles. The maximum absolute atomic E-state index is 12.8. The van der Waals surface area contributed by atoms with Crippen LogP contribution in [0.4, 0.5) is 13.2 Å². The van der Waals surface area contributed by atoms with Crippen LogP contribution in [0.2, 0.25) is 0 Å². The molecule has 7 nitrogen and oxygen atoms in total. The van der Waals surface area contributed by atoms with E-state index in [1.165, 1.54) is 12.1 Å². The Morgan fingerprint density at radius 2 is 1.94 bits per heavy atom. The fraction of sp³-hybridized carbons (Fsp3) is 0.417. The molecule has 0 radical (unpaired) electrons. The number of nitrogens with zero attached hydrogens (tertiary/aromatic N) is 2. The fourth-order valence-corrected chi connectivity index (χ4v) is 4.69. The van der Waals surface area contributed by atoms with Gasteiger partial charge in [-0.05, 0) is 43.0 Å². The zero-order valence-corrected chi connectivity index (χ0v) is 18.6. The highest BCUT2D eigenvalue weighted by Gasteiger charge is 2.34. The van der Waals surface area contributed by atoms with Crippen LogP contribution in [0.5, 0.6) is 11.5 Å². The molecule has 0 spiro atoms. The summed E-state index contributed by atoms with van der Waals surface area (Å²) in [5, 5.41) is 9.40. The number of imidazole rings is 1. The number of aliphatic carboxylic acids is 1. The highest BCUT2D eigenvalue weighted by atomic mass is 19.4. The molecule has 2 heterocycles. The highest BCUT2D eigenvalue weighted by Crippen LogP contribution is 2.33. The molecule has 1 fully saturated rings. The van der Waals surface area contributed by atoms with E-state index in [-0.39, 0.29) is 30.6 Å². The average molecular weight is 477 g/mol. The molecule has 1 aromatic heterocycles. The van der Waals surface area contributed by atoms with Crippen molar-refractivity contribution in [2.24, 2.45) is 11.8 Å². The smallest absolute Gasteiger partial charge is 0.494 e. The van der Waals surface area contributed by atoms with E-state index < -0.39 is 12.3 Å². The van der Waals surface area contributed by atoms with Gasteiger partial charge in [0.25, 0.3) is 0 Å². The van der Waals surface area contributed by atoms with E-state index in [4.69, 9.17) is 4.74 Å². The van der Waals surface area contributed by atoms with Gasteiger partial charge in [0.15, 0.2) is 0 Å². The second kappa shape index (κ2) is 9.92. The lowest BCUT2D eigenvalue weighted by atomic mass is 9.81. The number of ether oxygens (including phenoxy) is 2. The van der Waals surface area contributed by atoms with Crippen LogP contribution in [0.3, 0.4) is 0 Å². The summed E-state index contributed by atoms with van der Waals surface area (Å²) >= 11 is 0. The Balaban J connectivity index is 1.53. The number of aromatic amines is 1. The average Bonchev–Trinajstić information content (AvgIpc) is 3.18. The number of H-pyrrole nitrogens is 1. The Hall–Kier alpha value is -3.27. The Morgan fingerprint density at radius 3 is 2.68 bits per heavy atom. The number of piperidine rings is 1. The number of nitrogens with one attached hydrogen (secondary N) is 1. The van der Waals surface area contributed by atoms with Crippen molar-refractivity contribution in [2.75, 3.05) is 20.2 Å². The molecule has 0 bridgehead atoms. The number of rotatable bonds is 8. The summed E-state index contributed by atoms with van der Waals surface area (Å²) in [6, 6.07) is 11.7. The summed E-state index contributed by atoms with van der Waals surface area (Å²) in [6.45, 7) is 1.39. The Labute approximate surface area is 194 Å². The van der Waals surface area contributed by atoms with Crippen molar-refractivity contribution in [3.05, 3.63) is 53.9 Å². The maximum Gasteiger partial charge on any atom is 0.573 e. The minimum atomic E-state index is -4.77. The number of benzene rings is 2. The van der Waals surface area contributed by atoms with Gasteiger partial charge in [0.1, 0.15) is 22.8 Å².